The van der Waals surface area contributed by atoms with Crippen LogP contribution in [0.5, 0.6) is 0 Å². The Morgan fingerprint density at radius 2 is 2.12 bits per heavy atom. The fourth-order valence-electron chi connectivity index (χ4n) is 2.12. The molecule has 2 nitrogen and oxygen atoms in total. The van der Waals surface area contributed by atoms with E-state index in [1.54, 1.807) is 11.8 Å². The van der Waals surface area contributed by atoms with Crippen LogP contribution in [0, 0.1) is 0 Å². The average molecular weight is 249 g/mol. The van der Waals surface area contributed by atoms with Gasteiger partial charge in [-0.15, -0.1) is 11.8 Å². The van der Waals surface area contributed by atoms with E-state index in [0.29, 0.717) is 6.04 Å². The van der Waals surface area contributed by atoms with Gasteiger partial charge < -0.3 is 5.32 Å². The van der Waals surface area contributed by atoms with E-state index in [4.69, 9.17) is 0 Å². The molecular weight excluding hydrogens is 230 g/mol. The number of thioether (sulfide) groups is 1. The minimum absolute atomic E-state index is 0.0630. The first-order chi connectivity index (χ1) is 8.24. The molecule has 0 spiro atoms. The van der Waals surface area contributed by atoms with Gasteiger partial charge in [-0.1, -0.05) is 32.0 Å². The summed E-state index contributed by atoms with van der Waals surface area (Å²) < 4.78 is 0. The summed E-state index contributed by atoms with van der Waals surface area (Å²) in [7, 11) is 0. The lowest BCUT2D eigenvalue weighted by molar-refractivity contribution is -0.121. The maximum atomic E-state index is 12.1. The van der Waals surface area contributed by atoms with Crippen molar-refractivity contribution in [2.45, 2.75) is 49.3 Å². The molecule has 0 fully saturated rings. The molecule has 1 heterocycles. The summed E-state index contributed by atoms with van der Waals surface area (Å²) in [5.74, 6) is 0.194. The minimum atomic E-state index is 0.0630. The Morgan fingerprint density at radius 3 is 2.76 bits per heavy atom. The van der Waals surface area contributed by atoms with Crippen LogP contribution < -0.4 is 5.32 Å². The van der Waals surface area contributed by atoms with Crippen molar-refractivity contribution in [3.8, 4) is 0 Å². The molecule has 17 heavy (non-hydrogen) atoms. The molecule has 2 rings (SSSR count). The van der Waals surface area contributed by atoms with Crippen molar-refractivity contribution in [3.05, 3.63) is 29.8 Å². The number of carbonyl (C=O) groups excluding carboxylic acids is 1. The van der Waals surface area contributed by atoms with Gasteiger partial charge >= 0.3 is 0 Å². The molecule has 0 saturated heterocycles. The Bertz CT molecular complexity index is 376. The summed E-state index contributed by atoms with van der Waals surface area (Å²) in [4.78, 5) is 13.4. The third-order valence-corrected chi connectivity index (χ3v) is 4.59. The van der Waals surface area contributed by atoms with E-state index in [1.165, 1.54) is 10.5 Å². The summed E-state index contributed by atoms with van der Waals surface area (Å²) in [5, 5.41) is 3.20. The van der Waals surface area contributed by atoms with Crippen LogP contribution in [0.3, 0.4) is 0 Å². The van der Waals surface area contributed by atoms with Crippen LogP contribution in [0.2, 0.25) is 0 Å². The van der Waals surface area contributed by atoms with Gasteiger partial charge in [0.15, 0.2) is 0 Å². The Kier molecular flexibility index (Phi) is 4.11. The van der Waals surface area contributed by atoms with Crippen LogP contribution in [0.4, 0.5) is 0 Å². The Morgan fingerprint density at radius 1 is 1.41 bits per heavy atom. The number of fused-ring (bicyclic) bond motifs is 1. The molecular formula is C14H19NOS. The first-order valence-electron chi connectivity index (χ1n) is 6.29. The molecule has 3 heteroatoms. The number of rotatable bonds is 4. The third-order valence-electron chi connectivity index (χ3n) is 3.27. The van der Waals surface area contributed by atoms with E-state index in [2.05, 4.69) is 31.3 Å². The maximum absolute atomic E-state index is 12.1. The molecule has 1 unspecified atom stereocenters. The van der Waals surface area contributed by atoms with Crippen molar-refractivity contribution in [1.82, 2.24) is 5.32 Å². The van der Waals surface area contributed by atoms with Gasteiger partial charge in [0.05, 0.1) is 5.25 Å². The second kappa shape index (κ2) is 5.58. The fraction of sp³-hybridized carbons (Fsp3) is 0.500. The molecule has 1 N–H and O–H groups in total. The minimum Gasteiger partial charge on any atom is -0.352 e. The highest BCUT2D eigenvalue weighted by Crippen LogP contribution is 2.36. The number of hydrogen-bond acceptors (Lipinski definition) is 2. The zero-order valence-corrected chi connectivity index (χ0v) is 11.2. The van der Waals surface area contributed by atoms with E-state index >= 15 is 0 Å². The average Bonchev–Trinajstić information content (AvgIpc) is 2.79. The lowest BCUT2D eigenvalue weighted by atomic mass is 10.1. The van der Waals surface area contributed by atoms with Crippen LogP contribution >= 0.6 is 11.8 Å². The molecule has 0 saturated carbocycles. The summed E-state index contributed by atoms with van der Waals surface area (Å²) in [6.07, 6.45) is 2.88. The summed E-state index contributed by atoms with van der Waals surface area (Å²) in [5.41, 5.74) is 1.31. The first kappa shape index (κ1) is 12.5. The molecule has 0 radical (unpaired) electrons. The van der Waals surface area contributed by atoms with Gasteiger partial charge in [-0.05, 0) is 30.9 Å². The van der Waals surface area contributed by atoms with Crippen molar-refractivity contribution >= 4 is 17.7 Å². The molecule has 0 aliphatic carbocycles. The molecule has 1 aromatic rings. The standard InChI is InChI=1S/C14H19NOS/c1-3-11(4-2)15-14(16)13-9-10-7-5-6-8-12(10)17-13/h5-8,11,13H,3-4,9H2,1-2H3,(H,15,16). The zero-order valence-electron chi connectivity index (χ0n) is 10.4. The van der Waals surface area contributed by atoms with Gasteiger partial charge in [0.25, 0.3) is 0 Å². The van der Waals surface area contributed by atoms with Crippen LogP contribution in [0.1, 0.15) is 32.3 Å². The lowest BCUT2D eigenvalue weighted by Gasteiger charge is -2.17. The van der Waals surface area contributed by atoms with Gasteiger partial charge in [0, 0.05) is 10.9 Å². The van der Waals surface area contributed by atoms with Gasteiger partial charge in [0.2, 0.25) is 5.91 Å². The highest BCUT2D eigenvalue weighted by molar-refractivity contribution is 8.01. The normalized spacial score (nSPS) is 18.2. The second-order valence-corrected chi connectivity index (χ2v) is 5.68. The fourth-order valence-corrected chi connectivity index (χ4v) is 3.32. The molecule has 92 valence electrons. The van der Waals surface area contributed by atoms with E-state index < -0.39 is 0 Å². The van der Waals surface area contributed by atoms with Crippen LogP contribution in [0.15, 0.2) is 29.2 Å². The van der Waals surface area contributed by atoms with Crippen LogP contribution in [0.25, 0.3) is 0 Å². The predicted octanol–water partition coefficient (Wildman–Crippen LogP) is 3.01. The number of benzene rings is 1. The van der Waals surface area contributed by atoms with E-state index in [0.717, 1.165) is 19.3 Å². The summed E-state index contributed by atoms with van der Waals surface area (Å²) in [6.45, 7) is 4.23. The third kappa shape index (κ3) is 2.83. The Balaban J connectivity index is 1.96. The largest absolute Gasteiger partial charge is 0.352 e. The molecule has 1 aliphatic rings. The van der Waals surface area contributed by atoms with Crippen molar-refractivity contribution in [1.29, 1.82) is 0 Å². The Labute approximate surface area is 107 Å². The Hall–Kier alpha value is -0.960. The topological polar surface area (TPSA) is 29.1 Å². The smallest absolute Gasteiger partial charge is 0.234 e. The van der Waals surface area contributed by atoms with Gasteiger partial charge in [-0.2, -0.15) is 0 Å². The first-order valence-corrected chi connectivity index (χ1v) is 7.17. The summed E-state index contributed by atoms with van der Waals surface area (Å²) >= 11 is 1.70. The monoisotopic (exact) mass is 249 g/mol. The molecule has 1 atom stereocenters. The SMILES string of the molecule is CCC(CC)NC(=O)C1Cc2ccccc2S1. The van der Waals surface area contributed by atoms with Crippen LogP contribution in [-0.2, 0) is 11.2 Å². The maximum Gasteiger partial charge on any atom is 0.234 e. The van der Waals surface area contributed by atoms with Gasteiger partial charge in [-0.25, -0.2) is 0 Å². The second-order valence-electron chi connectivity index (χ2n) is 4.44. The highest BCUT2D eigenvalue weighted by Gasteiger charge is 2.28. The highest BCUT2D eigenvalue weighted by atomic mass is 32.2. The number of amides is 1. The molecule has 1 aromatic carbocycles. The lowest BCUT2D eigenvalue weighted by Crippen LogP contribution is -2.39. The van der Waals surface area contributed by atoms with E-state index in [9.17, 15) is 4.79 Å². The molecule has 1 amide bonds. The summed E-state index contributed by atoms with van der Waals surface area (Å²) in [6, 6.07) is 8.62. The number of nitrogens with one attached hydrogen (secondary N) is 1. The van der Waals surface area contributed by atoms with Gasteiger partial charge in [0.1, 0.15) is 0 Å². The van der Waals surface area contributed by atoms with Crippen LogP contribution in [-0.4, -0.2) is 17.2 Å². The quantitative estimate of drug-likeness (QED) is 0.888. The van der Waals surface area contributed by atoms with Crippen molar-refractivity contribution < 1.29 is 4.79 Å². The number of carbonyl (C=O) groups is 1. The van der Waals surface area contributed by atoms with Crippen molar-refractivity contribution in [2.75, 3.05) is 0 Å². The van der Waals surface area contributed by atoms with E-state index in [1.807, 2.05) is 12.1 Å². The van der Waals surface area contributed by atoms with Gasteiger partial charge in [-0.3, -0.25) is 4.79 Å². The molecule has 1 aliphatic heterocycles. The zero-order chi connectivity index (χ0) is 12.3. The molecule has 0 aromatic heterocycles. The van der Waals surface area contributed by atoms with E-state index in [-0.39, 0.29) is 11.2 Å². The molecule has 0 bridgehead atoms. The van der Waals surface area contributed by atoms with Crippen molar-refractivity contribution in [3.63, 3.8) is 0 Å². The predicted molar refractivity (Wildman–Crippen MR) is 72.3 cm³/mol. The van der Waals surface area contributed by atoms with Crippen molar-refractivity contribution in [2.24, 2.45) is 0 Å². The number of hydrogen-bond donors (Lipinski definition) is 1.